The SMILES string of the molecule is C=CCN1CC(CC(=O)O)NC(C)(C)C1. The highest BCUT2D eigenvalue weighted by molar-refractivity contribution is 5.67. The molecular weight excluding hydrogens is 192 g/mol. The molecule has 0 aromatic carbocycles. The summed E-state index contributed by atoms with van der Waals surface area (Å²) >= 11 is 0. The van der Waals surface area contributed by atoms with Crippen LogP contribution in [0.15, 0.2) is 12.7 Å². The number of nitrogens with one attached hydrogen (secondary N) is 1. The Bertz CT molecular complexity index is 251. The number of nitrogens with zero attached hydrogens (tertiary/aromatic N) is 1. The van der Waals surface area contributed by atoms with E-state index in [0.717, 1.165) is 19.6 Å². The zero-order valence-electron chi connectivity index (χ0n) is 9.49. The van der Waals surface area contributed by atoms with Gasteiger partial charge in [-0.3, -0.25) is 9.69 Å². The Hall–Kier alpha value is -0.870. The summed E-state index contributed by atoms with van der Waals surface area (Å²) in [5.74, 6) is -0.747. The minimum atomic E-state index is -0.747. The van der Waals surface area contributed by atoms with Crippen LogP contribution < -0.4 is 5.32 Å². The number of hydrogen-bond donors (Lipinski definition) is 2. The predicted molar refractivity (Wildman–Crippen MR) is 59.9 cm³/mol. The van der Waals surface area contributed by atoms with E-state index in [1.54, 1.807) is 0 Å². The Morgan fingerprint density at radius 3 is 2.93 bits per heavy atom. The van der Waals surface area contributed by atoms with Crippen LogP contribution in [0.3, 0.4) is 0 Å². The molecule has 1 fully saturated rings. The highest BCUT2D eigenvalue weighted by atomic mass is 16.4. The molecule has 2 N–H and O–H groups in total. The van der Waals surface area contributed by atoms with Gasteiger partial charge in [0.1, 0.15) is 0 Å². The van der Waals surface area contributed by atoms with Crippen molar-refractivity contribution in [1.82, 2.24) is 10.2 Å². The van der Waals surface area contributed by atoms with E-state index in [1.807, 2.05) is 6.08 Å². The van der Waals surface area contributed by atoms with Crippen LogP contribution in [0.5, 0.6) is 0 Å². The zero-order valence-corrected chi connectivity index (χ0v) is 9.49. The molecule has 0 radical (unpaired) electrons. The van der Waals surface area contributed by atoms with Gasteiger partial charge in [0.15, 0.2) is 0 Å². The van der Waals surface area contributed by atoms with Gasteiger partial charge in [-0.1, -0.05) is 6.08 Å². The van der Waals surface area contributed by atoms with Crippen molar-refractivity contribution >= 4 is 5.97 Å². The Morgan fingerprint density at radius 1 is 1.73 bits per heavy atom. The molecule has 0 aromatic rings. The van der Waals surface area contributed by atoms with Crippen molar-refractivity contribution in [3.8, 4) is 0 Å². The maximum atomic E-state index is 10.7. The van der Waals surface area contributed by atoms with Crippen molar-refractivity contribution < 1.29 is 9.90 Å². The minimum absolute atomic E-state index is 0.0264. The molecule has 0 amide bonds. The average molecular weight is 212 g/mol. The Kier molecular flexibility index (Phi) is 3.88. The second-order valence-corrected chi connectivity index (χ2v) is 4.81. The van der Waals surface area contributed by atoms with E-state index in [4.69, 9.17) is 5.11 Å². The molecule has 1 saturated heterocycles. The summed E-state index contributed by atoms with van der Waals surface area (Å²) in [4.78, 5) is 12.9. The summed E-state index contributed by atoms with van der Waals surface area (Å²) in [5, 5.41) is 12.1. The fraction of sp³-hybridized carbons (Fsp3) is 0.727. The Morgan fingerprint density at radius 2 is 2.40 bits per heavy atom. The lowest BCUT2D eigenvalue weighted by Crippen LogP contribution is -2.62. The lowest BCUT2D eigenvalue weighted by atomic mass is 9.97. The third-order valence-electron chi connectivity index (χ3n) is 2.50. The fourth-order valence-electron chi connectivity index (χ4n) is 2.23. The van der Waals surface area contributed by atoms with E-state index in [2.05, 4.69) is 30.6 Å². The molecule has 1 heterocycles. The van der Waals surface area contributed by atoms with Gasteiger partial charge in [-0.05, 0) is 13.8 Å². The lowest BCUT2D eigenvalue weighted by Gasteiger charge is -2.43. The van der Waals surface area contributed by atoms with Gasteiger partial charge in [0.25, 0.3) is 0 Å². The van der Waals surface area contributed by atoms with Crippen LogP contribution in [-0.4, -0.2) is 47.2 Å². The third-order valence-corrected chi connectivity index (χ3v) is 2.50. The summed E-state index contributed by atoms with van der Waals surface area (Å²) in [5.41, 5.74) is -0.0264. The van der Waals surface area contributed by atoms with E-state index in [-0.39, 0.29) is 18.0 Å². The van der Waals surface area contributed by atoms with Crippen LogP contribution in [0.1, 0.15) is 20.3 Å². The van der Waals surface area contributed by atoms with Crippen molar-refractivity contribution in [2.24, 2.45) is 0 Å². The molecule has 0 bridgehead atoms. The molecule has 15 heavy (non-hydrogen) atoms. The largest absolute Gasteiger partial charge is 0.481 e. The maximum absolute atomic E-state index is 10.7. The summed E-state index contributed by atoms with van der Waals surface area (Å²) in [7, 11) is 0. The highest BCUT2D eigenvalue weighted by Gasteiger charge is 2.32. The monoisotopic (exact) mass is 212 g/mol. The number of carboxylic acid groups (broad SMARTS) is 1. The zero-order chi connectivity index (χ0) is 11.5. The van der Waals surface area contributed by atoms with Gasteiger partial charge >= 0.3 is 5.97 Å². The lowest BCUT2D eigenvalue weighted by molar-refractivity contribution is -0.138. The van der Waals surface area contributed by atoms with Crippen LogP contribution >= 0.6 is 0 Å². The molecule has 1 atom stereocenters. The molecule has 0 aliphatic carbocycles. The Labute approximate surface area is 91.0 Å². The first kappa shape index (κ1) is 12.2. The van der Waals surface area contributed by atoms with E-state index in [0.29, 0.717) is 0 Å². The number of carbonyl (C=O) groups is 1. The van der Waals surface area contributed by atoms with Crippen molar-refractivity contribution in [1.29, 1.82) is 0 Å². The molecule has 1 unspecified atom stereocenters. The smallest absolute Gasteiger partial charge is 0.304 e. The van der Waals surface area contributed by atoms with Crippen LogP contribution in [0.4, 0.5) is 0 Å². The van der Waals surface area contributed by atoms with Crippen LogP contribution in [0.2, 0.25) is 0 Å². The van der Waals surface area contributed by atoms with Crippen molar-refractivity contribution in [3.63, 3.8) is 0 Å². The van der Waals surface area contributed by atoms with Crippen LogP contribution in [0.25, 0.3) is 0 Å². The van der Waals surface area contributed by atoms with Crippen molar-refractivity contribution in [2.75, 3.05) is 19.6 Å². The van der Waals surface area contributed by atoms with Gasteiger partial charge in [0.05, 0.1) is 6.42 Å². The molecule has 0 saturated carbocycles. The third kappa shape index (κ3) is 4.01. The molecule has 0 spiro atoms. The standard InChI is InChI=1S/C11H20N2O2/c1-4-5-13-7-9(6-10(14)15)12-11(2,3)8-13/h4,9,12H,1,5-8H2,2-3H3,(H,14,15). The fourth-order valence-corrected chi connectivity index (χ4v) is 2.23. The van der Waals surface area contributed by atoms with Gasteiger partial charge in [-0.2, -0.15) is 0 Å². The molecule has 86 valence electrons. The van der Waals surface area contributed by atoms with E-state index >= 15 is 0 Å². The molecule has 4 nitrogen and oxygen atoms in total. The van der Waals surface area contributed by atoms with E-state index in [1.165, 1.54) is 0 Å². The number of aliphatic carboxylic acids is 1. The predicted octanol–water partition coefficient (Wildman–Crippen LogP) is 0.700. The molecule has 1 rings (SSSR count). The van der Waals surface area contributed by atoms with E-state index in [9.17, 15) is 4.79 Å². The first-order chi connectivity index (χ1) is 6.93. The summed E-state index contributed by atoms with van der Waals surface area (Å²) < 4.78 is 0. The van der Waals surface area contributed by atoms with Gasteiger partial charge < -0.3 is 10.4 Å². The molecule has 1 aliphatic rings. The normalized spacial score (nSPS) is 26.1. The average Bonchev–Trinajstić information content (AvgIpc) is 1.99. The topological polar surface area (TPSA) is 52.6 Å². The Balaban J connectivity index is 2.59. The van der Waals surface area contributed by atoms with Crippen LogP contribution in [0, 0.1) is 0 Å². The van der Waals surface area contributed by atoms with Gasteiger partial charge in [-0.25, -0.2) is 0 Å². The first-order valence-electron chi connectivity index (χ1n) is 5.26. The van der Waals surface area contributed by atoms with Gasteiger partial charge in [0, 0.05) is 31.2 Å². The molecule has 1 aliphatic heterocycles. The first-order valence-corrected chi connectivity index (χ1v) is 5.26. The summed E-state index contributed by atoms with van der Waals surface area (Å²) in [6.07, 6.45) is 2.04. The number of rotatable bonds is 4. The van der Waals surface area contributed by atoms with Crippen molar-refractivity contribution in [2.45, 2.75) is 31.8 Å². The number of carboxylic acids is 1. The maximum Gasteiger partial charge on any atom is 0.304 e. The van der Waals surface area contributed by atoms with E-state index < -0.39 is 5.97 Å². The quantitative estimate of drug-likeness (QED) is 0.674. The summed E-state index contributed by atoms with van der Waals surface area (Å²) in [6, 6.07) is 0.0335. The molecular formula is C11H20N2O2. The number of piperazine rings is 1. The molecule has 0 aromatic heterocycles. The highest BCUT2D eigenvalue weighted by Crippen LogP contribution is 2.15. The molecule has 4 heteroatoms. The van der Waals surface area contributed by atoms with Gasteiger partial charge in [-0.15, -0.1) is 6.58 Å². The van der Waals surface area contributed by atoms with Gasteiger partial charge in [0.2, 0.25) is 0 Å². The summed E-state index contributed by atoms with van der Waals surface area (Å²) in [6.45, 7) is 10.4. The second kappa shape index (κ2) is 4.77. The van der Waals surface area contributed by atoms with Crippen molar-refractivity contribution in [3.05, 3.63) is 12.7 Å². The number of hydrogen-bond acceptors (Lipinski definition) is 3. The minimum Gasteiger partial charge on any atom is -0.481 e. The van der Waals surface area contributed by atoms with Crippen LogP contribution in [-0.2, 0) is 4.79 Å². The second-order valence-electron chi connectivity index (χ2n) is 4.81.